The number of nitrogens with two attached hydrogens (primary N) is 1. The smallest absolute Gasteiger partial charge is 0.197 e. The summed E-state index contributed by atoms with van der Waals surface area (Å²) in [6.07, 6.45) is 1.59. The molecule has 3 rings (SSSR count). The van der Waals surface area contributed by atoms with Crippen molar-refractivity contribution in [3.63, 3.8) is 0 Å². The molecule has 3 aromatic rings. The number of rotatable bonds is 2. The van der Waals surface area contributed by atoms with Crippen molar-refractivity contribution in [2.24, 2.45) is 0 Å². The Kier molecular flexibility index (Phi) is 2.79. The van der Waals surface area contributed by atoms with Crippen molar-refractivity contribution in [2.75, 3.05) is 5.73 Å². The average Bonchev–Trinajstić information content (AvgIpc) is 2.83. The fraction of sp³-hybridized carbons (Fsp3) is 0.0625. The molecule has 0 amide bonds. The van der Waals surface area contributed by atoms with Gasteiger partial charge in [0, 0.05) is 33.9 Å². The molecule has 3 nitrogen and oxygen atoms in total. The number of anilines is 1. The third-order valence-electron chi connectivity index (χ3n) is 3.34. The standard InChI is InChI=1S/C16H13FN2O/c1-9-2-4-14(18)12(6-9)16(20)13-8-19-15-5-3-10(17)7-11(13)15/h2-8,19H,18H2,1H3. The van der Waals surface area contributed by atoms with E-state index in [9.17, 15) is 9.18 Å². The largest absolute Gasteiger partial charge is 0.398 e. The normalized spacial score (nSPS) is 10.9. The third-order valence-corrected chi connectivity index (χ3v) is 3.34. The third kappa shape index (κ3) is 1.95. The van der Waals surface area contributed by atoms with Crippen LogP contribution in [0.4, 0.5) is 10.1 Å². The number of benzene rings is 2. The van der Waals surface area contributed by atoms with Crippen molar-refractivity contribution in [2.45, 2.75) is 6.92 Å². The Hall–Kier alpha value is -2.62. The molecular formula is C16H13FN2O. The Morgan fingerprint density at radius 1 is 1.15 bits per heavy atom. The van der Waals surface area contributed by atoms with Gasteiger partial charge in [0.15, 0.2) is 5.78 Å². The number of carbonyl (C=O) groups excluding carboxylic acids is 1. The van der Waals surface area contributed by atoms with Gasteiger partial charge in [0.25, 0.3) is 0 Å². The van der Waals surface area contributed by atoms with E-state index < -0.39 is 0 Å². The molecule has 0 spiro atoms. The molecule has 0 aliphatic carbocycles. The number of nitrogens with one attached hydrogen (secondary N) is 1. The summed E-state index contributed by atoms with van der Waals surface area (Å²) in [6, 6.07) is 9.62. The second kappa shape index (κ2) is 4.49. The zero-order chi connectivity index (χ0) is 14.3. The number of hydrogen-bond donors (Lipinski definition) is 2. The maximum atomic E-state index is 13.4. The van der Waals surface area contributed by atoms with E-state index in [1.807, 2.05) is 13.0 Å². The van der Waals surface area contributed by atoms with E-state index in [0.717, 1.165) is 11.1 Å². The summed E-state index contributed by atoms with van der Waals surface area (Å²) in [7, 11) is 0. The van der Waals surface area contributed by atoms with Crippen LogP contribution in [0.5, 0.6) is 0 Å². The quantitative estimate of drug-likeness (QED) is 0.552. The highest BCUT2D eigenvalue weighted by molar-refractivity contribution is 6.18. The van der Waals surface area contributed by atoms with Gasteiger partial charge in [0.2, 0.25) is 0 Å². The number of nitrogen functional groups attached to an aromatic ring is 1. The van der Waals surface area contributed by atoms with Gasteiger partial charge in [-0.25, -0.2) is 4.39 Å². The Morgan fingerprint density at radius 3 is 2.75 bits per heavy atom. The van der Waals surface area contributed by atoms with Gasteiger partial charge in [-0.2, -0.15) is 0 Å². The lowest BCUT2D eigenvalue weighted by Crippen LogP contribution is -2.05. The Balaban J connectivity index is 2.17. The van der Waals surface area contributed by atoms with Crippen LogP contribution in [-0.4, -0.2) is 10.8 Å². The molecule has 20 heavy (non-hydrogen) atoms. The van der Waals surface area contributed by atoms with Crippen molar-refractivity contribution in [3.8, 4) is 0 Å². The molecule has 0 aliphatic heterocycles. The molecule has 3 N–H and O–H groups in total. The average molecular weight is 268 g/mol. The van der Waals surface area contributed by atoms with Crippen molar-refractivity contribution >= 4 is 22.4 Å². The number of H-pyrrole nitrogens is 1. The van der Waals surface area contributed by atoms with E-state index in [1.165, 1.54) is 12.1 Å². The van der Waals surface area contributed by atoms with Gasteiger partial charge >= 0.3 is 0 Å². The van der Waals surface area contributed by atoms with Crippen LogP contribution in [0.15, 0.2) is 42.6 Å². The van der Waals surface area contributed by atoms with E-state index in [4.69, 9.17) is 5.73 Å². The first kappa shape index (κ1) is 12.4. The van der Waals surface area contributed by atoms with E-state index in [-0.39, 0.29) is 11.6 Å². The lowest BCUT2D eigenvalue weighted by atomic mass is 9.99. The first-order chi connectivity index (χ1) is 9.56. The van der Waals surface area contributed by atoms with Crippen LogP contribution >= 0.6 is 0 Å². The van der Waals surface area contributed by atoms with Crippen LogP contribution in [0.25, 0.3) is 10.9 Å². The van der Waals surface area contributed by atoms with E-state index in [0.29, 0.717) is 22.2 Å². The maximum absolute atomic E-state index is 13.4. The zero-order valence-corrected chi connectivity index (χ0v) is 10.9. The lowest BCUT2D eigenvalue weighted by Gasteiger charge is -2.05. The Bertz CT molecular complexity index is 820. The molecular weight excluding hydrogens is 255 g/mol. The summed E-state index contributed by atoms with van der Waals surface area (Å²) in [5, 5.41) is 0.566. The number of carbonyl (C=O) groups is 1. The molecule has 0 unspecified atom stereocenters. The second-order valence-electron chi connectivity index (χ2n) is 4.81. The van der Waals surface area contributed by atoms with Crippen LogP contribution in [0.3, 0.4) is 0 Å². The van der Waals surface area contributed by atoms with Crippen molar-refractivity contribution in [3.05, 3.63) is 65.1 Å². The summed E-state index contributed by atoms with van der Waals surface area (Å²) >= 11 is 0. The van der Waals surface area contributed by atoms with Gasteiger partial charge < -0.3 is 10.7 Å². The van der Waals surface area contributed by atoms with Gasteiger partial charge in [-0.15, -0.1) is 0 Å². The van der Waals surface area contributed by atoms with Crippen LogP contribution in [0.2, 0.25) is 0 Å². The molecule has 1 heterocycles. The van der Waals surface area contributed by atoms with Gasteiger partial charge in [-0.3, -0.25) is 4.79 Å². The molecule has 0 atom stereocenters. The monoisotopic (exact) mass is 268 g/mol. The zero-order valence-electron chi connectivity index (χ0n) is 10.9. The van der Waals surface area contributed by atoms with Crippen LogP contribution in [0.1, 0.15) is 21.5 Å². The molecule has 0 bridgehead atoms. The van der Waals surface area contributed by atoms with Crippen LogP contribution in [0, 0.1) is 12.7 Å². The first-order valence-corrected chi connectivity index (χ1v) is 6.24. The predicted molar refractivity (Wildman–Crippen MR) is 77.3 cm³/mol. The van der Waals surface area contributed by atoms with Crippen LogP contribution in [-0.2, 0) is 0 Å². The van der Waals surface area contributed by atoms with Gasteiger partial charge in [-0.1, -0.05) is 11.6 Å². The summed E-state index contributed by atoms with van der Waals surface area (Å²) in [4.78, 5) is 15.6. The second-order valence-corrected chi connectivity index (χ2v) is 4.81. The predicted octanol–water partition coefficient (Wildman–Crippen LogP) is 3.43. The van der Waals surface area contributed by atoms with Gasteiger partial charge in [-0.05, 0) is 37.3 Å². The number of aromatic amines is 1. The topological polar surface area (TPSA) is 58.9 Å². The maximum Gasteiger partial charge on any atom is 0.197 e. The number of aromatic nitrogens is 1. The van der Waals surface area contributed by atoms with Gasteiger partial charge in [0.1, 0.15) is 5.82 Å². The molecule has 0 fully saturated rings. The minimum atomic E-state index is -0.372. The van der Waals surface area contributed by atoms with Crippen molar-refractivity contribution in [1.29, 1.82) is 0 Å². The Labute approximate surface area is 115 Å². The Morgan fingerprint density at radius 2 is 1.95 bits per heavy atom. The molecule has 0 aliphatic rings. The highest BCUT2D eigenvalue weighted by Crippen LogP contribution is 2.24. The van der Waals surface area contributed by atoms with Crippen molar-refractivity contribution < 1.29 is 9.18 Å². The van der Waals surface area contributed by atoms with Crippen molar-refractivity contribution in [1.82, 2.24) is 4.98 Å². The number of aryl methyl sites for hydroxylation is 1. The fourth-order valence-corrected chi connectivity index (χ4v) is 2.29. The van der Waals surface area contributed by atoms with E-state index in [1.54, 1.807) is 24.4 Å². The number of fused-ring (bicyclic) bond motifs is 1. The summed E-state index contributed by atoms with van der Waals surface area (Å²) in [5.74, 6) is -0.577. The molecule has 0 saturated heterocycles. The molecule has 2 aromatic carbocycles. The van der Waals surface area contributed by atoms with Crippen LogP contribution < -0.4 is 5.73 Å². The number of ketones is 1. The number of halogens is 1. The summed E-state index contributed by atoms with van der Waals surface area (Å²) in [6.45, 7) is 1.89. The lowest BCUT2D eigenvalue weighted by molar-refractivity contribution is 0.104. The van der Waals surface area contributed by atoms with E-state index >= 15 is 0 Å². The SMILES string of the molecule is Cc1ccc(N)c(C(=O)c2c[nH]c3ccc(F)cc23)c1. The minimum absolute atomic E-state index is 0.206. The molecule has 4 heteroatoms. The summed E-state index contributed by atoms with van der Waals surface area (Å²) in [5.41, 5.74) is 8.83. The molecule has 0 saturated carbocycles. The highest BCUT2D eigenvalue weighted by atomic mass is 19.1. The first-order valence-electron chi connectivity index (χ1n) is 6.24. The number of hydrogen-bond acceptors (Lipinski definition) is 2. The minimum Gasteiger partial charge on any atom is -0.398 e. The fourth-order valence-electron chi connectivity index (χ4n) is 2.29. The molecule has 100 valence electrons. The molecule has 0 radical (unpaired) electrons. The summed E-state index contributed by atoms with van der Waals surface area (Å²) < 4.78 is 13.4. The highest BCUT2D eigenvalue weighted by Gasteiger charge is 2.17. The van der Waals surface area contributed by atoms with E-state index in [2.05, 4.69) is 4.98 Å². The molecule has 1 aromatic heterocycles. The van der Waals surface area contributed by atoms with Gasteiger partial charge in [0.05, 0.1) is 0 Å².